The van der Waals surface area contributed by atoms with E-state index in [0.29, 0.717) is 12.4 Å². The number of ether oxygens (including phenoxy) is 1. The van der Waals surface area contributed by atoms with Crippen LogP contribution >= 0.6 is 22.9 Å². The van der Waals surface area contributed by atoms with Crippen LogP contribution < -0.4 is 4.74 Å². The van der Waals surface area contributed by atoms with Gasteiger partial charge in [-0.2, -0.15) is 0 Å². The highest BCUT2D eigenvalue weighted by molar-refractivity contribution is 7.07. The van der Waals surface area contributed by atoms with Gasteiger partial charge in [0, 0.05) is 11.4 Å². The maximum Gasteiger partial charge on any atom is 0.145 e. The van der Waals surface area contributed by atoms with Gasteiger partial charge in [0.25, 0.3) is 0 Å². The van der Waals surface area contributed by atoms with Crippen LogP contribution in [0.25, 0.3) is 0 Å². The summed E-state index contributed by atoms with van der Waals surface area (Å²) in [6.07, 6.45) is 0. The van der Waals surface area contributed by atoms with Gasteiger partial charge in [0.1, 0.15) is 18.2 Å². The molecule has 1 aromatic heterocycles. The van der Waals surface area contributed by atoms with Gasteiger partial charge in [-0.3, -0.25) is 0 Å². The molecule has 78 valence electrons. The molecule has 0 aliphatic heterocycles. The third kappa shape index (κ3) is 2.67. The van der Waals surface area contributed by atoms with Crippen LogP contribution in [0.5, 0.6) is 5.75 Å². The van der Waals surface area contributed by atoms with Gasteiger partial charge in [0.05, 0.1) is 16.2 Å². The van der Waals surface area contributed by atoms with Crippen LogP contribution in [-0.4, -0.2) is 4.98 Å². The topological polar surface area (TPSA) is 22.1 Å². The molecule has 0 radical (unpaired) electrons. The van der Waals surface area contributed by atoms with Crippen LogP contribution in [0, 0.1) is 5.82 Å². The minimum Gasteiger partial charge on any atom is -0.487 e. The first-order chi connectivity index (χ1) is 7.25. The molecule has 1 aromatic carbocycles. The van der Waals surface area contributed by atoms with E-state index in [1.165, 1.54) is 23.5 Å². The number of halogens is 2. The van der Waals surface area contributed by atoms with E-state index in [0.717, 1.165) is 5.69 Å². The minimum atomic E-state index is -0.479. The molecule has 1 heterocycles. The Bertz CT molecular complexity index is 447. The van der Waals surface area contributed by atoms with E-state index in [1.54, 1.807) is 11.6 Å². The van der Waals surface area contributed by atoms with Gasteiger partial charge >= 0.3 is 0 Å². The summed E-state index contributed by atoms with van der Waals surface area (Å²) in [5.41, 5.74) is 2.55. The van der Waals surface area contributed by atoms with Crippen molar-refractivity contribution in [3.05, 3.63) is 45.6 Å². The van der Waals surface area contributed by atoms with Crippen LogP contribution in [0.1, 0.15) is 5.69 Å². The van der Waals surface area contributed by atoms with E-state index in [4.69, 9.17) is 16.3 Å². The lowest BCUT2D eigenvalue weighted by Gasteiger charge is -2.04. The molecule has 0 saturated carbocycles. The second-order valence-corrected chi connectivity index (χ2v) is 3.97. The van der Waals surface area contributed by atoms with Gasteiger partial charge in [-0.25, -0.2) is 9.37 Å². The summed E-state index contributed by atoms with van der Waals surface area (Å²) >= 11 is 7.03. The summed E-state index contributed by atoms with van der Waals surface area (Å²) < 4.78 is 18.4. The third-order valence-electron chi connectivity index (χ3n) is 1.76. The quantitative estimate of drug-likeness (QED) is 0.823. The molecule has 0 unspecified atom stereocenters. The summed E-state index contributed by atoms with van der Waals surface area (Å²) in [6, 6.07) is 4.35. The van der Waals surface area contributed by atoms with Crippen molar-refractivity contribution in [2.24, 2.45) is 0 Å². The summed E-state index contributed by atoms with van der Waals surface area (Å²) in [6.45, 7) is 0.338. The van der Waals surface area contributed by atoms with Crippen molar-refractivity contribution in [3.8, 4) is 5.75 Å². The Morgan fingerprint density at radius 1 is 1.47 bits per heavy atom. The molecule has 0 fully saturated rings. The number of aromatic nitrogens is 1. The number of benzene rings is 1. The number of hydrogen-bond acceptors (Lipinski definition) is 3. The van der Waals surface area contributed by atoms with Crippen molar-refractivity contribution in [1.29, 1.82) is 0 Å². The maximum atomic E-state index is 13.0. The first-order valence-corrected chi connectivity index (χ1v) is 5.53. The number of hydrogen-bond donors (Lipinski definition) is 0. The molecule has 2 rings (SSSR count). The van der Waals surface area contributed by atoms with Crippen molar-refractivity contribution >= 4 is 22.9 Å². The number of nitrogens with zero attached hydrogens (tertiary/aromatic N) is 1. The molecule has 0 spiro atoms. The molecule has 0 amide bonds. The van der Waals surface area contributed by atoms with Crippen LogP contribution in [0.2, 0.25) is 5.02 Å². The van der Waals surface area contributed by atoms with Crippen molar-refractivity contribution in [2.45, 2.75) is 6.61 Å². The fraction of sp³-hybridized carbons (Fsp3) is 0.100. The molecule has 0 bridgehead atoms. The van der Waals surface area contributed by atoms with E-state index in [9.17, 15) is 4.39 Å². The lowest BCUT2D eigenvalue weighted by molar-refractivity contribution is 0.300. The van der Waals surface area contributed by atoms with Crippen LogP contribution in [0.4, 0.5) is 4.39 Å². The highest BCUT2D eigenvalue weighted by Gasteiger charge is 2.02. The molecule has 0 N–H and O–H groups in total. The average molecular weight is 244 g/mol. The van der Waals surface area contributed by atoms with Gasteiger partial charge in [-0.1, -0.05) is 11.6 Å². The lowest BCUT2D eigenvalue weighted by atomic mass is 10.3. The van der Waals surface area contributed by atoms with Crippen LogP contribution in [0.3, 0.4) is 0 Å². The predicted octanol–water partition coefficient (Wildman–Crippen LogP) is 3.51. The molecular weight excluding hydrogens is 237 g/mol. The SMILES string of the molecule is Fc1cc(OCc2cscn2)ccc1Cl. The molecule has 2 aromatic rings. The van der Waals surface area contributed by atoms with E-state index < -0.39 is 5.82 Å². The van der Waals surface area contributed by atoms with Crippen molar-refractivity contribution < 1.29 is 9.13 Å². The molecule has 0 atom stereocenters. The standard InChI is InChI=1S/C10H7ClFNOS/c11-9-2-1-8(3-10(9)12)14-4-7-5-15-6-13-7/h1-3,5-6H,4H2. The summed E-state index contributed by atoms with van der Waals surface area (Å²) in [4.78, 5) is 4.04. The zero-order valence-corrected chi connectivity index (χ0v) is 9.19. The second kappa shape index (κ2) is 4.59. The smallest absolute Gasteiger partial charge is 0.145 e. The van der Waals surface area contributed by atoms with Crippen LogP contribution in [-0.2, 0) is 6.61 Å². The lowest BCUT2D eigenvalue weighted by Crippen LogP contribution is -1.95. The molecule has 0 aliphatic rings. The fourth-order valence-corrected chi connectivity index (χ4v) is 1.69. The predicted molar refractivity (Wildman–Crippen MR) is 57.9 cm³/mol. The Morgan fingerprint density at radius 2 is 2.33 bits per heavy atom. The van der Waals surface area contributed by atoms with Crippen LogP contribution in [0.15, 0.2) is 29.1 Å². The summed E-state index contributed by atoms with van der Waals surface area (Å²) in [7, 11) is 0. The molecule has 15 heavy (non-hydrogen) atoms. The first kappa shape index (κ1) is 10.4. The van der Waals surface area contributed by atoms with Gasteiger partial charge < -0.3 is 4.74 Å². The van der Waals surface area contributed by atoms with Gasteiger partial charge in [-0.15, -0.1) is 11.3 Å². The Balaban J connectivity index is 2.02. The van der Waals surface area contributed by atoms with Gasteiger partial charge in [-0.05, 0) is 12.1 Å². The summed E-state index contributed by atoms with van der Waals surface area (Å²) in [5, 5.41) is 1.97. The van der Waals surface area contributed by atoms with Gasteiger partial charge in [0.2, 0.25) is 0 Å². The Hall–Kier alpha value is -1.13. The third-order valence-corrected chi connectivity index (χ3v) is 2.70. The van der Waals surface area contributed by atoms with E-state index in [2.05, 4.69) is 4.98 Å². The molecule has 0 aliphatic carbocycles. The van der Waals surface area contributed by atoms with Gasteiger partial charge in [0.15, 0.2) is 0 Å². The molecular formula is C10H7ClFNOS. The second-order valence-electron chi connectivity index (χ2n) is 2.84. The largest absolute Gasteiger partial charge is 0.487 e. The Labute approximate surface area is 95.3 Å². The highest BCUT2D eigenvalue weighted by Crippen LogP contribution is 2.21. The van der Waals surface area contributed by atoms with E-state index in [1.807, 2.05) is 5.38 Å². The van der Waals surface area contributed by atoms with E-state index >= 15 is 0 Å². The Morgan fingerprint density at radius 3 is 3.00 bits per heavy atom. The minimum absolute atomic E-state index is 0.0935. The zero-order valence-electron chi connectivity index (χ0n) is 7.61. The monoisotopic (exact) mass is 243 g/mol. The maximum absolute atomic E-state index is 13.0. The normalized spacial score (nSPS) is 10.3. The van der Waals surface area contributed by atoms with Crippen molar-refractivity contribution in [3.63, 3.8) is 0 Å². The zero-order chi connectivity index (χ0) is 10.7. The van der Waals surface area contributed by atoms with Crippen molar-refractivity contribution in [2.75, 3.05) is 0 Å². The molecule has 2 nitrogen and oxygen atoms in total. The fourth-order valence-electron chi connectivity index (χ4n) is 1.03. The van der Waals surface area contributed by atoms with E-state index in [-0.39, 0.29) is 5.02 Å². The molecule has 5 heteroatoms. The first-order valence-electron chi connectivity index (χ1n) is 4.20. The number of thiazole rings is 1. The average Bonchev–Trinajstić information content (AvgIpc) is 2.73. The Kier molecular flexibility index (Phi) is 3.18. The highest BCUT2D eigenvalue weighted by atomic mass is 35.5. The number of rotatable bonds is 3. The van der Waals surface area contributed by atoms with Crippen molar-refractivity contribution in [1.82, 2.24) is 4.98 Å². The molecule has 0 saturated heterocycles. The summed E-state index contributed by atoms with van der Waals surface area (Å²) in [5.74, 6) is -0.0302.